The topological polar surface area (TPSA) is 137 Å². The number of nitrogens with zero attached hydrogens (tertiary/aromatic N) is 6. The van der Waals surface area contributed by atoms with Gasteiger partial charge in [-0.3, -0.25) is 39.0 Å². The standard InChI is InChI=1S/C15H19N3O3.C8H5NO3.C7H16N2O/c1-16-6-8-17(9-7-16)10-11-21-18-14(19)12-4-2-3-5-13(12)15(18)20;10-7-5-3-1-2-4-6(5)8(11)9(7)12;1-8-2-4-9(5-3-8)6-7-10/h2-5H,6-11H2,1H3;1-4,12H;10H,2-7H2,1H3. The Balaban J connectivity index is 0.000000163. The van der Waals surface area contributed by atoms with Crippen LogP contribution in [0, 0.1) is 0 Å². The number of carbonyl (C=O) groups excluding carboxylic acids is 4. The molecule has 4 amide bonds. The van der Waals surface area contributed by atoms with Crippen LogP contribution >= 0.6 is 0 Å². The Bertz CT molecular complexity index is 1220. The molecule has 2 aromatic carbocycles. The molecular formula is C30H40N6O7. The molecule has 0 spiro atoms. The van der Waals surface area contributed by atoms with E-state index >= 15 is 0 Å². The second-order valence-electron chi connectivity index (χ2n) is 10.8. The molecule has 2 saturated heterocycles. The van der Waals surface area contributed by atoms with Crippen LogP contribution in [-0.4, -0.2) is 156 Å². The fourth-order valence-electron chi connectivity index (χ4n) is 5.01. The van der Waals surface area contributed by atoms with Crippen molar-refractivity contribution < 1.29 is 34.3 Å². The summed E-state index contributed by atoms with van der Waals surface area (Å²) >= 11 is 0. The second-order valence-corrected chi connectivity index (χ2v) is 10.8. The Morgan fingerprint density at radius 3 is 1.37 bits per heavy atom. The number of carbonyl (C=O) groups is 4. The number of hydrogen-bond donors (Lipinski definition) is 2. The highest BCUT2D eigenvalue weighted by atomic mass is 16.7. The highest BCUT2D eigenvalue weighted by Gasteiger charge is 2.36. The van der Waals surface area contributed by atoms with Crippen molar-refractivity contribution in [2.75, 3.05) is 92.8 Å². The van der Waals surface area contributed by atoms with Gasteiger partial charge < -0.3 is 14.9 Å². The lowest BCUT2D eigenvalue weighted by atomic mass is 10.1. The van der Waals surface area contributed by atoms with Gasteiger partial charge in [0.05, 0.1) is 35.5 Å². The van der Waals surface area contributed by atoms with E-state index in [0.29, 0.717) is 24.3 Å². The molecule has 13 nitrogen and oxygen atoms in total. The van der Waals surface area contributed by atoms with Gasteiger partial charge in [0.2, 0.25) is 0 Å². The van der Waals surface area contributed by atoms with Gasteiger partial charge >= 0.3 is 0 Å². The first-order valence-electron chi connectivity index (χ1n) is 14.4. The molecule has 0 saturated carbocycles. The molecule has 0 aromatic heterocycles. The molecule has 2 N–H and O–H groups in total. The molecule has 2 fully saturated rings. The summed E-state index contributed by atoms with van der Waals surface area (Å²) in [6, 6.07) is 13.1. The van der Waals surface area contributed by atoms with Gasteiger partial charge in [0, 0.05) is 65.4 Å². The number of fused-ring (bicyclic) bond motifs is 2. The fourth-order valence-corrected chi connectivity index (χ4v) is 5.01. The van der Waals surface area contributed by atoms with Crippen molar-refractivity contribution in [1.29, 1.82) is 0 Å². The maximum absolute atomic E-state index is 12.1. The molecular weight excluding hydrogens is 556 g/mol. The van der Waals surface area contributed by atoms with Crippen LogP contribution in [-0.2, 0) is 4.84 Å². The summed E-state index contributed by atoms with van der Waals surface area (Å²) in [4.78, 5) is 60.9. The number of hydrogen-bond acceptors (Lipinski definition) is 11. The Labute approximate surface area is 251 Å². The van der Waals surface area contributed by atoms with Crippen LogP contribution in [0.15, 0.2) is 48.5 Å². The lowest BCUT2D eigenvalue weighted by Crippen LogP contribution is -2.46. The molecule has 0 aliphatic carbocycles. The SMILES string of the molecule is CN1CCN(CCO)CC1.CN1CCN(CCON2C(=O)c3ccccc3C2=O)CC1.O=C1c2ccccc2C(=O)N1O. The monoisotopic (exact) mass is 596 g/mol. The number of piperazine rings is 2. The van der Waals surface area contributed by atoms with Gasteiger partial charge in [-0.25, -0.2) is 0 Å². The molecule has 232 valence electrons. The van der Waals surface area contributed by atoms with Crippen molar-refractivity contribution in [1.82, 2.24) is 29.7 Å². The Morgan fingerprint density at radius 1 is 0.605 bits per heavy atom. The zero-order valence-electron chi connectivity index (χ0n) is 24.7. The van der Waals surface area contributed by atoms with Crippen molar-refractivity contribution in [2.45, 2.75) is 0 Å². The summed E-state index contributed by atoms with van der Waals surface area (Å²) < 4.78 is 0. The summed E-state index contributed by atoms with van der Waals surface area (Å²) in [5, 5.41) is 18.6. The van der Waals surface area contributed by atoms with E-state index in [0.717, 1.165) is 70.5 Å². The third-order valence-electron chi connectivity index (χ3n) is 7.77. The lowest BCUT2D eigenvalue weighted by Gasteiger charge is -2.32. The number of amides is 4. The van der Waals surface area contributed by atoms with Gasteiger partial charge in [-0.1, -0.05) is 24.3 Å². The van der Waals surface area contributed by atoms with Crippen LogP contribution in [0.4, 0.5) is 0 Å². The van der Waals surface area contributed by atoms with E-state index in [2.05, 4.69) is 33.7 Å². The maximum atomic E-state index is 12.1. The highest BCUT2D eigenvalue weighted by Crippen LogP contribution is 2.22. The van der Waals surface area contributed by atoms with Crippen LogP contribution in [0.25, 0.3) is 0 Å². The number of aliphatic hydroxyl groups excluding tert-OH is 1. The first kappa shape index (κ1) is 32.4. The predicted octanol–water partition coefficient (Wildman–Crippen LogP) is 0.360. The summed E-state index contributed by atoms with van der Waals surface area (Å²) in [6.45, 7) is 10.7. The van der Waals surface area contributed by atoms with Crippen LogP contribution in [0.5, 0.6) is 0 Å². The van der Waals surface area contributed by atoms with E-state index in [4.69, 9.17) is 15.2 Å². The van der Waals surface area contributed by atoms with Crippen LogP contribution in [0.3, 0.4) is 0 Å². The minimum Gasteiger partial charge on any atom is -0.395 e. The third kappa shape index (κ3) is 8.09. The Hall–Kier alpha value is -3.56. The molecule has 13 heteroatoms. The number of aliphatic hydroxyl groups is 1. The summed E-state index contributed by atoms with van der Waals surface area (Å²) in [5.41, 5.74) is 1.35. The number of β-amino-alcohol motifs (C(OH)–C–C–N with tert-alkyl or cyclic N) is 1. The van der Waals surface area contributed by atoms with Crippen LogP contribution in [0.2, 0.25) is 0 Å². The molecule has 4 aliphatic rings. The van der Waals surface area contributed by atoms with Crippen molar-refractivity contribution >= 4 is 23.6 Å². The number of benzene rings is 2. The normalized spacial score (nSPS) is 19.5. The van der Waals surface area contributed by atoms with Crippen molar-refractivity contribution in [3.05, 3.63) is 70.8 Å². The minimum absolute atomic E-state index is 0.130. The van der Waals surface area contributed by atoms with Gasteiger partial charge in [0.25, 0.3) is 23.6 Å². The zero-order chi connectivity index (χ0) is 30.9. The Kier molecular flexibility index (Phi) is 11.5. The first-order chi connectivity index (χ1) is 20.7. The molecule has 0 unspecified atom stereocenters. The van der Waals surface area contributed by atoms with Crippen LogP contribution < -0.4 is 0 Å². The lowest BCUT2D eigenvalue weighted by molar-refractivity contribution is -0.0968. The number of rotatable bonds is 6. The highest BCUT2D eigenvalue weighted by molar-refractivity contribution is 6.21. The second kappa shape index (κ2) is 15.3. The maximum Gasteiger partial charge on any atom is 0.285 e. The quantitative estimate of drug-likeness (QED) is 0.353. The molecule has 4 heterocycles. The molecule has 6 rings (SSSR count). The van der Waals surface area contributed by atoms with E-state index in [1.54, 1.807) is 36.4 Å². The van der Waals surface area contributed by atoms with Crippen molar-refractivity contribution in [3.8, 4) is 0 Å². The van der Waals surface area contributed by atoms with Gasteiger partial charge in [0.1, 0.15) is 0 Å². The largest absolute Gasteiger partial charge is 0.395 e. The number of imide groups is 2. The number of hydroxylamine groups is 4. The van der Waals surface area contributed by atoms with Gasteiger partial charge in [-0.15, -0.1) is 10.1 Å². The van der Waals surface area contributed by atoms with E-state index in [1.807, 2.05) is 0 Å². The fraction of sp³-hybridized carbons (Fsp3) is 0.467. The zero-order valence-corrected chi connectivity index (χ0v) is 24.7. The Morgan fingerprint density at radius 2 is 0.977 bits per heavy atom. The summed E-state index contributed by atoms with van der Waals surface area (Å²) in [6.07, 6.45) is 0. The van der Waals surface area contributed by atoms with E-state index in [9.17, 15) is 19.2 Å². The summed E-state index contributed by atoms with van der Waals surface area (Å²) in [5.74, 6) is -2.05. The third-order valence-corrected chi connectivity index (χ3v) is 7.77. The smallest absolute Gasteiger partial charge is 0.285 e. The summed E-state index contributed by atoms with van der Waals surface area (Å²) in [7, 11) is 4.24. The number of likely N-dealkylation sites (N-methyl/N-ethyl adjacent to an activating group) is 2. The van der Waals surface area contributed by atoms with Gasteiger partial charge in [0.15, 0.2) is 0 Å². The molecule has 0 radical (unpaired) electrons. The van der Waals surface area contributed by atoms with Gasteiger partial charge in [-0.05, 0) is 38.4 Å². The first-order valence-corrected chi connectivity index (χ1v) is 14.4. The molecule has 0 atom stereocenters. The minimum atomic E-state index is -0.657. The molecule has 4 aliphatic heterocycles. The molecule has 43 heavy (non-hydrogen) atoms. The predicted molar refractivity (Wildman–Crippen MR) is 157 cm³/mol. The van der Waals surface area contributed by atoms with E-state index in [1.165, 1.54) is 12.1 Å². The molecule has 0 bridgehead atoms. The van der Waals surface area contributed by atoms with Gasteiger partial charge in [-0.2, -0.15) is 0 Å². The average molecular weight is 597 g/mol. The average Bonchev–Trinajstić information content (AvgIpc) is 3.40. The van der Waals surface area contributed by atoms with E-state index in [-0.39, 0.29) is 28.0 Å². The van der Waals surface area contributed by atoms with Crippen LogP contribution in [0.1, 0.15) is 41.4 Å². The molecule has 2 aromatic rings. The van der Waals surface area contributed by atoms with Crippen molar-refractivity contribution in [3.63, 3.8) is 0 Å². The van der Waals surface area contributed by atoms with E-state index < -0.39 is 11.8 Å². The van der Waals surface area contributed by atoms with Crippen molar-refractivity contribution in [2.24, 2.45) is 0 Å².